The molecule has 3 rings (SSSR count). The Morgan fingerprint density at radius 2 is 2.35 bits per heavy atom. The number of fused-ring (bicyclic) bond motifs is 2. The smallest absolute Gasteiger partial charge is 0.242 e. The van der Waals surface area contributed by atoms with Gasteiger partial charge in [-0.3, -0.25) is 0 Å². The molecule has 2 aliphatic rings. The van der Waals surface area contributed by atoms with Crippen LogP contribution in [0.4, 0.5) is 11.5 Å². The first kappa shape index (κ1) is 10.6. The van der Waals surface area contributed by atoms with E-state index < -0.39 is 0 Å². The number of nitrogens with two attached hydrogens (primary N) is 1. The van der Waals surface area contributed by atoms with E-state index in [2.05, 4.69) is 14.9 Å². The summed E-state index contributed by atoms with van der Waals surface area (Å²) in [5.74, 6) is 2.20. The molecule has 2 heterocycles. The van der Waals surface area contributed by atoms with E-state index in [1.807, 2.05) is 6.92 Å². The fourth-order valence-corrected chi connectivity index (χ4v) is 3.04. The van der Waals surface area contributed by atoms with Crippen molar-refractivity contribution in [3.8, 4) is 5.88 Å². The molecule has 92 valence electrons. The van der Waals surface area contributed by atoms with Crippen LogP contribution in [-0.2, 0) is 0 Å². The molecule has 1 saturated heterocycles. The summed E-state index contributed by atoms with van der Waals surface area (Å²) in [7, 11) is 0. The molecular weight excluding hydrogens is 216 g/mol. The number of ether oxygens (including phenoxy) is 1. The van der Waals surface area contributed by atoms with Gasteiger partial charge in [0.1, 0.15) is 12.0 Å². The number of hydrogen-bond acceptors (Lipinski definition) is 5. The van der Waals surface area contributed by atoms with Gasteiger partial charge in [-0.25, -0.2) is 4.98 Å². The van der Waals surface area contributed by atoms with Gasteiger partial charge in [-0.1, -0.05) is 0 Å². The Balaban J connectivity index is 1.90. The molecule has 0 amide bonds. The Hall–Kier alpha value is -1.52. The molecule has 2 N–H and O–H groups in total. The molecule has 2 unspecified atom stereocenters. The van der Waals surface area contributed by atoms with Crippen LogP contribution < -0.4 is 15.4 Å². The van der Waals surface area contributed by atoms with Crippen LogP contribution >= 0.6 is 0 Å². The largest absolute Gasteiger partial charge is 0.476 e. The van der Waals surface area contributed by atoms with Crippen LogP contribution in [0.5, 0.6) is 5.88 Å². The summed E-state index contributed by atoms with van der Waals surface area (Å²) in [5, 5.41) is 0. The van der Waals surface area contributed by atoms with E-state index in [1.165, 1.54) is 19.3 Å². The maximum atomic E-state index is 6.09. The minimum atomic E-state index is 0.514. The highest BCUT2D eigenvalue weighted by molar-refractivity contribution is 5.68. The zero-order chi connectivity index (χ0) is 11.8. The van der Waals surface area contributed by atoms with Crippen molar-refractivity contribution in [2.75, 3.05) is 23.8 Å². The minimum absolute atomic E-state index is 0.514. The van der Waals surface area contributed by atoms with Crippen LogP contribution in [-0.4, -0.2) is 29.2 Å². The lowest BCUT2D eigenvalue weighted by atomic mass is 10.1. The summed E-state index contributed by atoms with van der Waals surface area (Å²) >= 11 is 0. The maximum Gasteiger partial charge on any atom is 0.242 e. The van der Waals surface area contributed by atoms with Gasteiger partial charge >= 0.3 is 0 Å². The van der Waals surface area contributed by atoms with Gasteiger partial charge in [0.25, 0.3) is 0 Å². The summed E-state index contributed by atoms with van der Waals surface area (Å²) in [6, 6.07) is 0.617. The number of rotatable bonds is 3. The molecule has 1 aliphatic heterocycles. The van der Waals surface area contributed by atoms with E-state index >= 15 is 0 Å². The number of anilines is 2. The minimum Gasteiger partial charge on any atom is -0.476 e. The van der Waals surface area contributed by atoms with Gasteiger partial charge < -0.3 is 15.4 Å². The van der Waals surface area contributed by atoms with E-state index in [0.29, 0.717) is 24.2 Å². The molecular formula is C12H18N4O. The molecule has 2 fully saturated rings. The number of nitrogen functional groups attached to an aromatic ring is 1. The summed E-state index contributed by atoms with van der Waals surface area (Å²) in [6.45, 7) is 3.59. The lowest BCUT2D eigenvalue weighted by molar-refractivity contribution is 0.328. The second-order valence-electron chi connectivity index (χ2n) is 4.83. The lowest BCUT2D eigenvalue weighted by Gasteiger charge is -2.29. The van der Waals surface area contributed by atoms with E-state index in [0.717, 1.165) is 18.3 Å². The molecule has 5 heteroatoms. The molecule has 2 atom stereocenters. The Kier molecular flexibility index (Phi) is 2.53. The Bertz CT molecular complexity index is 423. The van der Waals surface area contributed by atoms with Crippen molar-refractivity contribution in [1.82, 2.24) is 9.97 Å². The van der Waals surface area contributed by atoms with Crippen LogP contribution in [0, 0.1) is 5.92 Å². The van der Waals surface area contributed by atoms with Gasteiger partial charge in [0.2, 0.25) is 5.88 Å². The highest BCUT2D eigenvalue weighted by Crippen LogP contribution is 2.42. The number of piperidine rings is 1. The average Bonchev–Trinajstić information content (AvgIpc) is 2.94. The standard InChI is InChI=1S/C12H18N4O/c1-2-17-12-10(13)11(14-7-15-12)16-6-8-3-4-9(16)5-8/h7-9H,2-6,13H2,1H3. The quantitative estimate of drug-likeness (QED) is 0.857. The van der Waals surface area contributed by atoms with Crippen molar-refractivity contribution < 1.29 is 4.74 Å². The van der Waals surface area contributed by atoms with Crippen molar-refractivity contribution in [3.63, 3.8) is 0 Å². The van der Waals surface area contributed by atoms with Crippen LogP contribution in [0.2, 0.25) is 0 Å². The third-order valence-electron chi connectivity index (χ3n) is 3.79. The number of nitrogens with zero attached hydrogens (tertiary/aromatic N) is 3. The SMILES string of the molecule is CCOc1ncnc(N2CC3CCC2C3)c1N. The van der Waals surface area contributed by atoms with Gasteiger partial charge in [0.15, 0.2) is 5.82 Å². The van der Waals surface area contributed by atoms with Crippen LogP contribution in [0.15, 0.2) is 6.33 Å². The average molecular weight is 234 g/mol. The monoisotopic (exact) mass is 234 g/mol. The molecule has 1 aromatic heterocycles. The topological polar surface area (TPSA) is 64.3 Å². The number of aromatic nitrogens is 2. The Morgan fingerprint density at radius 3 is 3.00 bits per heavy atom. The second kappa shape index (κ2) is 4.05. The predicted octanol–water partition coefficient (Wildman–Crippen LogP) is 1.45. The summed E-state index contributed by atoms with van der Waals surface area (Å²) < 4.78 is 5.41. The third kappa shape index (κ3) is 1.69. The first-order valence-electron chi connectivity index (χ1n) is 6.29. The summed E-state index contributed by atoms with van der Waals surface area (Å²) in [4.78, 5) is 10.7. The fourth-order valence-electron chi connectivity index (χ4n) is 3.04. The molecule has 0 spiro atoms. The molecule has 2 bridgehead atoms. The van der Waals surface area contributed by atoms with E-state index in [1.54, 1.807) is 6.33 Å². The second-order valence-corrected chi connectivity index (χ2v) is 4.83. The fraction of sp³-hybridized carbons (Fsp3) is 0.667. The van der Waals surface area contributed by atoms with Gasteiger partial charge in [-0.15, -0.1) is 0 Å². The zero-order valence-electron chi connectivity index (χ0n) is 10.1. The van der Waals surface area contributed by atoms with E-state index in [4.69, 9.17) is 10.5 Å². The predicted molar refractivity (Wildman–Crippen MR) is 66.1 cm³/mol. The van der Waals surface area contributed by atoms with Crippen LogP contribution in [0.3, 0.4) is 0 Å². The maximum absolute atomic E-state index is 6.09. The van der Waals surface area contributed by atoms with Crippen molar-refractivity contribution >= 4 is 11.5 Å². The zero-order valence-corrected chi connectivity index (χ0v) is 10.1. The van der Waals surface area contributed by atoms with Crippen LogP contribution in [0.25, 0.3) is 0 Å². The van der Waals surface area contributed by atoms with Crippen LogP contribution in [0.1, 0.15) is 26.2 Å². The number of hydrogen-bond donors (Lipinski definition) is 1. The normalized spacial score (nSPS) is 26.5. The highest BCUT2D eigenvalue weighted by Gasteiger charge is 2.39. The van der Waals surface area contributed by atoms with Crippen molar-refractivity contribution in [1.29, 1.82) is 0 Å². The van der Waals surface area contributed by atoms with Gasteiger partial charge in [-0.05, 0) is 32.1 Å². The highest BCUT2D eigenvalue weighted by atomic mass is 16.5. The molecule has 0 radical (unpaired) electrons. The Labute approximate surface area is 101 Å². The van der Waals surface area contributed by atoms with E-state index in [-0.39, 0.29) is 0 Å². The van der Waals surface area contributed by atoms with Gasteiger partial charge in [0, 0.05) is 12.6 Å². The first-order valence-corrected chi connectivity index (χ1v) is 6.29. The molecule has 1 aromatic rings. The molecule has 5 nitrogen and oxygen atoms in total. The first-order chi connectivity index (χ1) is 8.29. The van der Waals surface area contributed by atoms with Crippen molar-refractivity contribution in [2.45, 2.75) is 32.2 Å². The van der Waals surface area contributed by atoms with Crippen molar-refractivity contribution in [3.05, 3.63) is 6.33 Å². The van der Waals surface area contributed by atoms with Gasteiger partial charge in [-0.2, -0.15) is 4.98 Å². The molecule has 1 saturated carbocycles. The van der Waals surface area contributed by atoms with Gasteiger partial charge in [0.05, 0.1) is 6.61 Å². The molecule has 0 aromatic carbocycles. The summed E-state index contributed by atoms with van der Waals surface area (Å²) in [5.41, 5.74) is 6.67. The lowest BCUT2D eigenvalue weighted by Crippen LogP contribution is -2.33. The summed E-state index contributed by atoms with van der Waals surface area (Å²) in [6.07, 6.45) is 5.44. The third-order valence-corrected chi connectivity index (χ3v) is 3.79. The molecule has 17 heavy (non-hydrogen) atoms. The van der Waals surface area contributed by atoms with E-state index in [9.17, 15) is 0 Å². The van der Waals surface area contributed by atoms with Crippen molar-refractivity contribution in [2.24, 2.45) is 5.92 Å². The Morgan fingerprint density at radius 1 is 1.47 bits per heavy atom. The molecule has 1 aliphatic carbocycles.